The molecule has 132 valence electrons. The van der Waals surface area contributed by atoms with Crippen LogP contribution < -0.4 is 0 Å². The second-order valence-electron chi connectivity index (χ2n) is 7.93. The third-order valence-corrected chi connectivity index (χ3v) is 6.44. The number of hydrogen-bond acceptors (Lipinski definition) is 4. The Labute approximate surface area is 144 Å². The normalized spacial score (nSPS) is 36.8. The van der Waals surface area contributed by atoms with Gasteiger partial charge in [-0.1, -0.05) is 38.5 Å². The van der Waals surface area contributed by atoms with E-state index in [1.165, 1.54) is 11.1 Å². The van der Waals surface area contributed by atoms with E-state index in [0.29, 0.717) is 12.0 Å². The van der Waals surface area contributed by atoms with Gasteiger partial charge in [0.2, 0.25) is 0 Å². The standard InChI is InChI=1S/C20H28O4/c1-6-11(2)18(21)24-17-8-7-12(3)15-9-14-13(4)19(22)23-16(14)10-20(15,17)5/h11,14,16-17H,4,6-10H2,1-3,5H3/t11-,14-,16-,17-,20-/m1/s1. The first-order chi connectivity index (χ1) is 11.3. The van der Waals surface area contributed by atoms with Crippen molar-refractivity contribution in [3.8, 4) is 0 Å². The Morgan fingerprint density at radius 3 is 2.88 bits per heavy atom. The highest BCUT2D eigenvalue weighted by Crippen LogP contribution is 2.55. The number of esters is 2. The molecule has 0 radical (unpaired) electrons. The molecule has 3 aliphatic rings. The van der Waals surface area contributed by atoms with Crippen molar-refractivity contribution >= 4 is 11.9 Å². The van der Waals surface area contributed by atoms with Gasteiger partial charge in [-0.2, -0.15) is 0 Å². The molecule has 0 bridgehead atoms. The Balaban J connectivity index is 1.88. The first-order valence-electron chi connectivity index (χ1n) is 9.07. The van der Waals surface area contributed by atoms with Crippen molar-refractivity contribution in [1.82, 2.24) is 0 Å². The number of fused-ring (bicyclic) bond motifs is 2. The van der Waals surface area contributed by atoms with E-state index in [1.54, 1.807) is 0 Å². The van der Waals surface area contributed by atoms with Gasteiger partial charge < -0.3 is 9.47 Å². The van der Waals surface area contributed by atoms with Crippen LogP contribution in [0.5, 0.6) is 0 Å². The van der Waals surface area contributed by atoms with Gasteiger partial charge in [0.25, 0.3) is 0 Å². The molecular weight excluding hydrogens is 304 g/mol. The van der Waals surface area contributed by atoms with Crippen LogP contribution in [-0.2, 0) is 19.1 Å². The third kappa shape index (κ3) is 2.60. The largest absolute Gasteiger partial charge is 0.461 e. The van der Waals surface area contributed by atoms with Crippen molar-refractivity contribution in [3.63, 3.8) is 0 Å². The van der Waals surface area contributed by atoms with Crippen LogP contribution >= 0.6 is 0 Å². The van der Waals surface area contributed by atoms with Crippen LogP contribution in [0, 0.1) is 17.3 Å². The maximum atomic E-state index is 12.3. The lowest BCUT2D eigenvalue weighted by molar-refractivity contribution is -0.164. The molecule has 0 aromatic heterocycles. The molecule has 1 heterocycles. The number of carbonyl (C=O) groups excluding carboxylic acids is 2. The molecule has 0 aromatic carbocycles. The summed E-state index contributed by atoms with van der Waals surface area (Å²) in [6, 6.07) is 0. The highest BCUT2D eigenvalue weighted by Gasteiger charge is 2.54. The van der Waals surface area contributed by atoms with E-state index >= 15 is 0 Å². The highest BCUT2D eigenvalue weighted by atomic mass is 16.6. The molecule has 0 aromatic rings. The van der Waals surface area contributed by atoms with Crippen molar-refractivity contribution in [1.29, 1.82) is 0 Å². The highest BCUT2D eigenvalue weighted by molar-refractivity contribution is 5.91. The monoisotopic (exact) mass is 332 g/mol. The van der Waals surface area contributed by atoms with Crippen molar-refractivity contribution in [2.24, 2.45) is 17.3 Å². The molecular formula is C20H28O4. The fraction of sp³-hybridized carbons (Fsp3) is 0.700. The summed E-state index contributed by atoms with van der Waals surface area (Å²) in [6.07, 6.45) is 3.83. The zero-order valence-corrected chi connectivity index (χ0v) is 15.2. The number of carbonyl (C=O) groups is 2. The summed E-state index contributed by atoms with van der Waals surface area (Å²) in [4.78, 5) is 24.2. The van der Waals surface area contributed by atoms with E-state index in [4.69, 9.17) is 9.47 Å². The maximum absolute atomic E-state index is 12.3. The molecule has 5 atom stereocenters. The number of rotatable bonds is 3. The van der Waals surface area contributed by atoms with Crippen LogP contribution in [0.2, 0.25) is 0 Å². The molecule has 2 aliphatic carbocycles. The molecule has 1 saturated carbocycles. The number of ether oxygens (including phenoxy) is 2. The number of hydrogen-bond donors (Lipinski definition) is 0. The summed E-state index contributed by atoms with van der Waals surface area (Å²) >= 11 is 0. The Hall–Kier alpha value is -1.58. The van der Waals surface area contributed by atoms with Crippen LogP contribution in [0.25, 0.3) is 0 Å². The van der Waals surface area contributed by atoms with Gasteiger partial charge in [-0.15, -0.1) is 0 Å². The Morgan fingerprint density at radius 2 is 2.21 bits per heavy atom. The molecule has 2 fully saturated rings. The molecule has 24 heavy (non-hydrogen) atoms. The minimum Gasteiger partial charge on any atom is -0.461 e. The molecule has 3 rings (SSSR count). The maximum Gasteiger partial charge on any atom is 0.334 e. The average Bonchev–Trinajstić information content (AvgIpc) is 2.81. The first kappa shape index (κ1) is 17.2. The lowest BCUT2D eigenvalue weighted by atomic mass is 9.59. The Kier molecular flexibility index (Phi) is 4.35. The van der Waals surface area contributed by atoms with Gasteiger partial charge in [-0.05, 0) is 39.0 Å². The Morgan fingerprint density at radius 1 is 1.50 bits per heavy atom. The van der Waals surface area contributed by atoms with Gasteiger partial charge in [-0.3, -0.25) is 4.79 Å². The molecule has 4 heteroatoms. The molecule has 0 N–H and O–H groups in total. The van der Waals surface area contributed by atoms with Crippen LogP contribution in [0.4, 0.5) is 0 Å². The summed E-state index contributed by atoms with van der Waals surface area (Å²) in [7, 11) is 0. The SMILES string of the molecule is C=C1C(=O)O[C@@H]2C[C@]3(C)C(=C(C)CC[C@H]3OC(=O)[C@H](C)CC)C[C@H]12. The molecule has 0 unspecified atom stereocenters. The summed E-state index contributed by atoms with van der Waals surface area (Å²) in [5.74, 6) is -0.375. The van der Waals surface area contributed by atoms with Gasteiger partial charge >= 0.3 is 11.9 Å². The predicted molar refractivity (Wildman–Crippen MR) is 91.1 cm³/mol. The fourth-order valence-electron chi connectivity index (χ4n) is 4.52. The minimum absolute atomic E-state index is 0.0792. The number of allylic oxidation sites excluding steroid dienone is 1. The van der Waals surface area contributed by atoms with E-state index in [2.05, 4.69) is 20.4 Å². The molecule has 0 amide bonds. The van der Waals surface area contributed by atoms with Gasteiger partial charge in [0.05, 0.1) is 5.92 Å². The van der Waals surface area contributed by atoms with Crippen LogP contribution in [-0.4, -0.2) is 24.1 Å². The van der Waals surface area contributed by atoms with E-state index in [0.717, 1.165) is 25.7 Å². The fourth-order valence-corrected chi connectivity index (χ4v) is 4.52. The summed E-state index contributed by atoms with van der Waals surface area (Å²) in [5, 5.41) is 0. The van der Waals surface area contributed by atoms with E-state index in [-0.39, 0.29) is 41.4 Å². The van der Waals surface area contributed by atoms with Gasteiger partial charge in [-0.25, -0.2) is 4.79 Å². The summed E-state index contributed by atoms with van der Waals surface area (Å²) in [5.41, 5.74) is 3.08. The lowest BCUT2D eigenvalue weighted by Crippen LogP contribution is -2.48. The smallest absolute Gasteiger partial charge is 0.334 e. The van der Waals surface area contributed by atoms with Gasteiger partial charge in [0.1, 0.15) is 12.2 Å². The second-order valence-corrected chi connectivity index (χ2v) is 7.93. The Bertz CT molecular complexity index is 617. The average molecular weight is 332 g/mol. The second kappa shape index (κ2) is 6.05. The quantitative estimate of drug-likeness (QED) is 0.446. The van der Waals surface area contributed by atoms with Crippen molar-refractivity contribution in [3.05, 3.63) is 23.3 Å². The van der Waals surface area contributed by atoms with Crippen LogP contribution in [0.3, 0.4) is 0 Å². The van der Waals surface area contributed by atoms with Crippen LogP contribution in [0.1, 0.15) is 59.8 Å². The first-order valence-corrected chi connectivity index (χ1v) is 9.07. The van der Waals surface area contributed by atoms with Crippen molar-refractivity contribution < 1.29 is 19.1 Å². The van der Waals surface area contributed by atoms with Crippen molar-refractivity contribution in [2.45, 2.75) is 72.0 Å². The van der Waals surface area contributed by atoms with E-state index in [9.17, 15) is 9.59 Å². The predicted octanol–water partition coefficient (Wildman–Crippen LogP) is 3.95. The molecule has 0 spiro atoms. The molecule has 4 nitrogen and oxygen atoms in total. The lowest BCUT2D eigenvalue weighted by Gasteiger charge is -2.49. The summed E-state index contributed by atoms with van der Waals surface area (Å²) in [6.45, 7) is 12.2. The van der Waals surface area contributed by atoms with Gasteiger partial charge in [0, 0.05) is 16.9 Å². The minimum atomic E-state index is -0.265. The zero-order valence-electron chi connectivity index (χ0n) is 15.2. The third-order valence-electron chi connectivity index (χ3n) is 6.44. The van der Waals surface area contributed by atoms with Crippen LogP contribution in [0.15, 0.2) is 23.3 Å². The van der Waals surface area contributed by atoms with E-state index < -0.39 is 0 Å². The zero-order chi connectivity index (χ0) is 17.6. The molecule has 1 saturated heterocycles. The van der Waals surface area contributed by atoms with E-state index in [1.807, 2.05) is 13.8 Å². The molecule has 1 aliphatic heterocycles. The van der Waals surface area contributed by atoms with Gasteiger partial charge in [0.15, 0.2) is 0 Å². The topological polar surface area (TPSA) is 52.6 Å². The van der Waals surface area contributed by atoms with Crippen molar-refractivity contribution in [2.75, 3.05) is 0 Å². The summed E-state index contributed by atoms with van der Waals surface area (Å²) < 4.78 is 11.5.